The summed E-state index contributed by atoms with van der Waals surface area (Å²) in [5.74, 6) is -0.458. The predicted octanol–water partition coefficient (Wildman–Crippen LogP) is 1.91. The van der Waals surface area contributed by atoms with Crippen molar-refractivity contribution in [1.82, 2.24) is 0 Å². The van der Waals surface area contributed by atoms with Gasteiger partial charge < -0.3 is 0 Å². The number of benzene rings is 1. The summed E-state index contributed by atoms with van der Waals surface area (Å²) in [6, 6.07) is 4.51. The van der Waals surface area contributed by atoms with E-state index >= 15 is 0 Å². The zero-order chi connectivity index (χ0) is 10.8. The van der Waals surface area contributed by atoms with Gasteiger partial charge in [-0.2, -0.15) is 8.42 Å². The smallest absolute Gasteiger partial charge is 0.264 e. The molecule has 1 aromatic carbocycles. The number of rotatable bonds is 3. The summed E-state index contributed by atoms with van der Waals surface area (Å²) >= 11 is 1.92. The highest BCUT2D eigenvalue weighted by atomic mass is 127. The van der Waals surface area contributed by atoms with Crippen molar-refractivity contribution in [3.8, 4) is 0 Å². The van der Waals surface area contributed by atoms with Crippen LogP contribution in [0.4, 0.5) is 4.39 Å². The molecule has 78 valence electrons. The molecule has 0 amide bonds. The average Bonchev–Trinajstić information content (AvgIpc) is 2.01. The van der Waals surface area contributed by atoms with E-state index in [2.05, 4.69) is 4.18 Å². The quantitative estimate of drug-likeness (QED) is 0.628. The fourth-order valence-electron chi connectivity index (χ4n) is 0.836. The molecule has 0 aliphatic heterocycles. The molecule has 0 saturated carbocycles. The van der Waals surface area contributed by atoms with Crippen LogP contribution in [0, 0.1) is 9.39 Å². The highest BCUT2D eigenvalue weighted by molar-refractivity contribution is 14.1. The van der Waals surface area contributed by atoms with E-state index in [0.29, 0.717) is 3.57 Å². The minimum absolute atomic E-state index is 0.260. The SMILES string of the molecule is CS(=O)(=O)OCc1c(F)cccc1I. The van der Waals surface area contributed by atoms with Crippen LogP contribution in [0.3, 0.4) is 0 Å². The molecule has 0 aliphatic rings. The first-order valence-electron chi connectivity index (χ1n) is 3.67. The Bertz CT molecular complexity index is 410. The van der Waals surface area contributed by atoms with Crippen LogP contribution >= 0.6 is 22.6 Å². The molecule has 0 fully saturated rings. The first-order chi connectivity index (χ1) is 6.40. The van der Waals surface area contributed by atoms with Gasteiger partial charge in [0.25, 0.3) is 10.1 Å². The van der Waals surface area contributed by atoms with Crippen LogP contribution in [0.25, 0.3) is 0 Å². The number of halogens is 2. The zero-order valence-electron chi connectivity index (χ0n) is 7.33. The van der Waals surface area contributed by atoms with Gasteiger partial charge in [0, 0.05) is 9.13 Å². The van der Waals surface area contributed by atoms with Crippen LogP contribution in [-0.2, 0) is 20.9 Å². The van der Waals surface area contributed by atoms with Gasteiger partial charge in [-0.15, -0.1) is 0 Å². The monoisotopic (exact) mass is 330 g/mol. The standard InChI is InChI=1S/C8H8FIO3S/c1-14(11,12)13-5-6-7(9)3-2-4-8(6)10/h2-4H,5H2,1H3. The van der Waals surface area contributed by atoms with Crippen molar-refractivity contribution >= 4 is 32.7 Å². The Hall–Kier alpha value is -0.210. The molecule has 1 aromatic rings. The summed E-state index contributed by atoms with van der Waals surface area (Å²) in [5, 5.41) is 0. The predicted molar refractivity (Wildman–Crippen MR) is 58.7 cm³/mol. The molecule has 1 rings (SSSR count). The van der Waals surface area contributed by atoms with Gasteiger partial charge in [-0.3, -0.25) is 4.18 Å². The van der Waals surface area contributed by atoms with Crippen molar-refractivity contribution < 1.29 is 17.0 Å². The summed E-state index contributed by atoms with van der Waals surface area (Å²) in [6.45, 7) is -0.260. The van der Waals surface area contributed by atoms with Gasteiger partial charge in [0.1, 0.15) is 5.82 Å². The lowest BCUT2D eigenvalue weighted by atomic mass is 10.2. The molecule has 0 aliphatic carbocycles. The first kappa shape index (κ1) is 11.9. The Balaban J connectivity index is 2.87. The van der Waals surface area contributed by atoms with Crippen LogP contribution in [0.5, 0.6) is 0 Å². The Morgan fingerprint density at radius 2 is 2.14 bits per heavy atom. The molecule has 0 spiro atoms. The highest BCUT2D eigenvalue weighted by Crippen LogP contribution is 2.17. The van der Waals surface area contributed by atoms with E-state index in [9.17, 15) is 12.8 Å². The second-order valence-corrected chi connectivity index (χ2v) is 5.47. The van der Waals surface area contributed by atoms with Crippen LogP contribution in [0.2, 0.25) is 0 Å². The Morgan fingerprint density at radius 3 is 2.64 bits per heavy atom. The lowest BCUT2D eigenvalue weighted by Crippen LogP contribution is -2.05. The van der Waals surface area contributed by atoms with Gasteiger partial charge in [-0.05, 0) is 34.7 Å². The molecule has 0 unspecified atom stereocenters. The van der Waals surface area contributed by atoms with E-state index in [1.165, 1.54) is 6.07 Å². The van der Waals surface area contributed by atoms with Crippen molar-refractivity contribution in [2.75, 3.05) is 6.26 Å². The van der Waals surface area contributed by atoms with Crippen LogP contribution in [0.1, 0.15) is 5.56 Å². The van der Waals surface area contributed by atoms with Crippen LogP contribution < -0.4 is 0 Å². The Kier molecular flexibility index (Phi) is 3.85. The summed E-state index contributed by atoms with van der Waals surface area (Å²) in [4.78, 5) is 0. The average molecular weight is 330 g/mol. The van der Waals surface area contributed by atoms with E-state index in [1.807, 2.05) is 22.6 Å². The summed E-state index contributed by atoms with van der Waals surface area (Å²) < 4.78 is 39.7. The maximum Gasteiger partial charge on any atom is 0.264 e. The summed E-state index contributed by atoms with van der Waals surface area (Å²) in [5.41, 5.74) is 0.263. The molecule has 0 bridgehead atoms. The van der Waals surface area contributed by atoms with Crippen molar-refractivity contribution in [2.45, 2.75) is 6.61 Å². The molecule has 0 aromatic heterocycles. The number of hydrogen-bond acceptors (Lipinski definition) is 3. The maximum absolute atomic E-state index is 13.1. The molecule has 3 nitrogen and oxygen atoms in total. The zero-order valence-corrected chi connectivity index (χ0v) is 10.3. The summed E-state index contributed by atoms with van der Waals surface area (Å²) in [6.07, 6.45) is 0.931. The molecule has 0 saturated heterocycles. The van der Waals surface area contributed by atoms with Crippen molar-refractivity contribution in [1.29, 1.82) is 0 Å². The van der Waals surface area contributed by atoms with E-state index in [4.69, 9.17) is 0 Å². The minimum Gasteiger partial charge on any atom is -0.265 e. The molecule has 14 heavy (non-hydrogen) atoms. The van der Waals surface area contributed by atoms with Crippen molar-refractivity contribution in [2.24, 2.45) is 0 Å². The van der Waals surface area contributed by atoms with Crippen molar-refractivity contribution in [3.63, 3.8) is 0 Å². The van der Waals surface area contributed by atoms with E-state index in [-0.39, 0.29) is 12.2 Å². The molecule has 0 radical (unpaired) electrons. The van der Waals surface area contributed by atoms with Gasteiger partial charge in [0.2, 0.25) is 0 Å². The molecule has 0 atom stereocenters. The molecule has 0 heterocycles. The minimum atomic E-state index is -3.53. The van der Waals surface area contributed by atoms with Gasteiger partial charge >= 0.3 is 0 Å². The van der Waals surface area contributed by atoms with E-state index < -0.39 is 15.9 Å². The molecule has 6 heteroatoms. The van der Waals surface area contributed by atoms with E-state index in [0.717, 1.165) is 6.26 Å². The first-order valence-corrected chi connectivity index (χ1v) is 6.57. The molecule has 0 N–H and O–H groups in total. The van der Waals surface area contributed by atoms with Crippen LogP contribution in [-0.4, -0.2) is 14.7 Å². The van der Waals surface area contributed by atoms with Gasteiger partial charge in [0.15, 0.2) is 0 Å². The third kappa shape index (κ3) is 3.50. The third-order valence-corrected chi connectivity index (χ3v) is 3.04. The fourth-order valence-corrected chi connectivity index (χ4v) is 1.79. The third-order valence-electron chi connectivity index (χ3n) is 1.48. The lowest BCUT2D eigenvalue weighted by molar-refractivity contribution is 0.305. The van der Waals surface area contributed by atoms with Crippen molar-refractivity contribution in [3.05, 3.63) is 33.1 Å². The largest absolute Gasteiger partial charge is 0.265 e. The normalized spacial score (nSPS) is 11.6. The Labute approximate surface area is 95.5 Å². The second-order valence-electron chi connectivity index (χ2n) is 2.67. The van der Waals surface area contributed by atoms with Crippen LogP contribution in [0.15, 0.2) is 18.2 Å². The van der Waals surface area contributed by atoms with Gasteiger partial charge in [-0.1, -0.05) is 6.07 Å². The second kappa shape index (κ2) is 4.54. The maximum atomic E-state index is 13.1. The molecular formula is C8H8FIO3S. The Morgan fingerprint density at radius 1 is 1.50 bits per heavy atom. The number of hydrogen-bond donors (Lipinski definition) is 0. The van der Waals surface area contributed by atoms with E-state index in [1.54, 1.807) is 12.1 Å². The molecular weight excluding hydrogens is 322 g/mol. The lowest BCUT2D eigenvalue weighted by Gasteiger charge is -2.05. The van der Waals surface area contributed by atoms with Gasteiger partial charge in [0.05, 0.1) is 12.9 Å². The van der Waals surface area contributed by atoms with Gasteiger partial charge in [-0.25, -0.2) is 4.39 Å². The topological polar surface area (TPSA) is 43.4 Å². The fraction of sp³-hybridized carbons (Fsp3) is 0.250. The highest BCUT2D eigenvalue weighted by Gasteiger charge is 2.09. The summed E-state index contributed by atoms with van der Waals surface area (Å²) in [7, 11) is -3.53.